The largest absolute Gasteiger partial charge is 0.355 e. The van der Waals surface area contributed by atoms with Gasteiger partial charge in [-0.15, -0.1) is 0 Å². The van der Waals surface area contributed by atoms with Crippen molar-refractivity contribution >= 4 is 23.5 Å². The molecule has 1 N–H and O–H groups in total. The number of rotatable bonds is 4. The molecule has 0 spiro atoms. The van der Waals surface area contributed by atoms with Crippen LogP contribution in [-0.4, -0.2) is 59.8 Å². The van der Waals surface area contributed by atoms with Crippen molar-refractivity contribution in [1.82, 2.24) is 20.0 Å². The second-order valence-electron chi connectivity index (χ2n) is 7.18. The van der Waals surface area contributed by atoms with Gasteiger partial charge in [-0.3, -0.25) is 0 Å². The van der Waals surface area contributed by atoms with Gasteiger partial charge < -0.3 is 24.5 Å². The van der Waals surface area contributed by atoms with Crippen molar-refractivity contribution in [3.05, 3.63) is 24.2 Å². The van der Waals surface area contributed by atoms with Gasteiger partial charge in [-0.1, -0.05) is 0 Å². The number of amides is 2. The minimum Gasteiger partial charge on any atom is -0.355 e. The Morgan fingerprint density at radius 2 is 2.07 bits per heavy atom. The molecular weight excluding hydrogens is 346 g/mol. The highest BCUT2D eigenvalue weighted by Gasteiger charge is 2.34. The molecule has 0 bridgehead atoms. The molecule has 2 aliphatic heterocycles. The van der Waals surface area contributed by atoms with Crippen LogP contribution in [0.4, 0.5) is 22.2 Å². The van der Waals surface area contributed by atoms with Crippen LogP contribution in [0.5, 0.6) is 0 Å². The molecular formula is C18H25N7O2. The average molecular weight is 371 g/mol. The lowest BCUT2D eigenvalue weighted by Gasteiger charge is -2.24. The normalized spacial score (nSPS) is 19.6. The van der Waals surface area contributed by atoms with E-state index in [1.54, 1.807) is 16.0 Å². The third kappa shape index (κ3) is 3.54. The average Bonchev–Trinajstić information content (AvgIpc) is 3.41. The first-order chi connectivity index (χ1) is 13.1. The van der Waals surface area contributed by atoms with Crippen molar-refractivity contribution in [3.8, 4) is 0 Å². The Kier molecular flexibility index (Phi) is 4.83. The fraction of sp³-hybridized carbons (Fsp3) is 0.556. The lowest BCUT2D eigenvalue weighted by molar-refractivity contribution is 0.193. The smallest absolute Gasteiger partial charge is 0.322 e. The van der Waals surface area contributed by atoms with Crippen LogP contribution >= 0.6 is 0 Å². The SMILES string of the molecule is CN(C)c1noc(C2CCCN2C(=O)Nc2cccnc2N2CCCC2)n1. The van der Waals surface area contributed by atoms with Gasteiger partial charge in [0, 0.05) is 39.9 Å². The van der Waals surface area contributed by atoms with Crippen LogP contribution in [0.15, 0.2) is 22.9 Å². The fourth-order valence-corrected chi connectivity index (χ4v) is 3.67. The molecule has 2 aromatic rings. The van der Waals surface area contributed by atoms with Gasteiger partial charge in [0.15, 0.2) is 5.82 Å². The number of carbonyl (C=O) groups excluding carboxylic acids is 1. The molecule has 2 aliphatic rings. The van der Waals surface area contributed by atoms with E-state index in [0.717, 1.165) is 50.3 Å². The highest BCUT2D eigenvalue weighted by atomic mass is 16.5. The van der Waals surface area contributed by atoms with E-state index < -0.39 is 0 Å². The molecule has 0 aromatic carbocycles. The first-order valence-corrected chi connectivity index (χ1v) is 9.42. The predicted octanol–water partition coefficient (Wildman–Crippen LogP) is 2.50. The number of likely N-dealkylation sites (tertiary alicyclic amines) is 1. The second-order valence-corrected chi connectivity index (χ2v) is 7.18. The molecule has 2 amide bonds. The number of hydrogen-bond acceptors (Lipinski definition) is 7. The quantitative estimate of drug-likeness (QED) is 0.883. The van der Waals surface area contributed by atoms with E-state index in [2.05, 4.69) is 25.3 Å². The number of hydrogen-bond donors (Lipinski definition) is 1. The van der Waals surface area contributed by atoms with Gasteiger partial charge >= 0.3 is 6.03 Å². The Morgan fingerprint density at radius 1 is 1.26 bits per heavy atom. The predicted molar refractivity (Wildman–Crippen MR) is 102 cm³/mol. The summed E-state index contributed by atoms with van der Waals surface area (Å²) in [5, 5.41) is 7.01. The first-order valence-electron chi connectivity index (χ1n) is 9.42. The summed E-state index contributed by atoms with van der Waals surface area (Å²) in [5.41, 5.74) is 0.745. The van der Waals surface area contributed by atoms with Crippen LogP contribution < -0.4 is 15.1 Å². The van der Waals surface area contributed by atoms with Gasteiger partial charge in [0.05, 0.1) is 5.69 Å². The van der Waals surface area contributed by atoms with Gasteiger partial charge in [-0.25, -0.2) is 9.78 Å². The van der Waals surface area contributed by atoms with E-state index in [9.17, 15) is 4.79 Å². The van der Waals surface area contributed by atoms with Gasteiger partial charge in [-0.05, 0) is 43.0 Å². The van der Waals surface area contributed by atoms with Crippen LogP contribution in [0.2, 0.25) is 0 Å². The lowest BCUT2D eigenvalue weighted by atomic mass is 10.2. The van der Waals surface area contributed by atoms with Crippen molar-refractivity contribution in [2.24, 2.45) is 0 Å². The summed E-state index contributed by atoms with van der Waals surface area (Å²) in [6, 6.07) is 3.40. The summed E-state index contributed by atoms with van der Waals surface area (Å²) in [4.78, 5) is 27.7. The maximum Gasteiger partial charge on any atom is 0.322 e. The topological polar surface area (TPSA) is 90.6 Å². The molecule has 2 saturated heterocycles. The molecule has 0 saturated carbocycles. The summed E-state index contributed by atoms with van der Waals surface area (Å²) in [5.74, 6) is 1.84. The molecule has 144 valence electrons. The second kappa shape index (κ2) is 7.42. The van der Waals surface area contributed by atoms with Gasteiger partial charge in [0.2, 0.25) is 0 Å². The molecule has 2 aromatic heterocycles. The zero-order valence-electron chi connectivity index (χ0n) is 15.8. The van der Waals surface area contributed by atoms with Crippen LogP contribution in [0, 0.1) is 0 Å². The molecule has 4 heterocycles. The molecule has 1 atom stereocenters. The van der Waals surface area contributed by atoms with Crippen molar-refractivity contribution in [2.75, 3.05) is 48.8 Å². The van der Waals surface area contributed by atoms with E-state index in [0.29, 0.717) is 18.4 Å². The molecule has 9 heteroatoms. The molecule has 1 unspecified atom stereocenters. The van der Waals surface area contributed by atoms with Gasteiger partial charge in [0.1, 0.15) is 6.04 Å². The van der Waals surface area contributed by atoms with Crippen LogP contribution in [0.25, 0.3) is 0 Å². The van der Waals surface area contributed by atoms with Crippen LogP contribution in [-0.2, 0) is 0 Å². The minimum atomic E-state index is -0.196. The number of pyridine rings is 1. The zero-order chi connectivity index (χ0) is 18.8. The molecule has 2 fully saturated rings. The van der Waals surface area contributed by atoms with Crippen molar-refractivity contribution in [2.45, 2.75) is 31.7 Å². The summed E-state index contributed by atoms with van der Waals surface area (Å²) >= 11 is 0. The van der Waals surface area contributed by atoms with E-state index in [1.807, 2.05) is 26.2 Å². The van der Waals surface area contributed by atoms with Crippen molar-refractivity contribution in [3.63, 3.8) is 0 Å². The summed E-state index contributed by atoms with van der Waals surface area (Å²) in [6.45, 7) is 2.61. The third-order valence-electron chi connectivity index (χ3n) is 5.06. The number of nitrogens with zero attached hydrogens (tertiary/aromatic N) is 6. The standard InChI is InChI=1S/C18H25N7O2/c1-23(2)17-21-16(27-22-17)14-8-6-12-25(14)18(26)20-13-7-5-9-19-15(13)24-10-3-4-11-24/h5,7,9,14H,3-4,6,8,10-12H2,1-2H3,(H,20,26). The van der Waals surface area contributed by atoms with Gasteiger partial charge in [-0.2, -0.15) is 4.98 Å². The number of carbonyl (C=O) groups is 1. The first kappa shape index (κ1) is 17.6. The van der Waals surface area contributed by atoms with Crippen molar-refractivity contribution < 1.29 is 9.32 Å². The molecule has 4 rings (SSSR count). The van der Waals surface area contributed by atoms with Crippen LogP contribution in [0.3, 0.4) is 0 Å². The van der Waals surface area contributed by atoms with Crippen LogP contribution in [0.1, 0.15) is 37.6 Å². The number of anilines is 3. The maximum absolute atomic E-state index is 13.0. The fourth-order valence-electron chi connectivity index (χ4n) is 3.67. The van der Waals surface area contributed by atoms with E-state index in [1.165, 1.54) is 0 Å². The third-order valence-corrected chi connectivity index (χ3v) is 5.06. The molecule has 9 nitrogen and oxygen atoms in total. The number of urea groups is 1. The Bertz CT molecular complexity index is 801. The molecule has 0 radical (unpaired) electrons. The van der Waals surface area contributed by atoms with E-state index in [-0.39, 0.29) is 12.1 Å². The number of aromatic nitrogens is 3. The zero-order valence-corrected chi connectivity index (χ0v) is 15.8. The van der Waals surface area contributed by atoms with Gasteiger partial charge in [0.25, 0.3) is 11.8 Å². The highest BCUT2D eigenvalue weighted by Crippen LogP contribution is 2.33. The Balaban J connectivity index is 1.50. The molecule has 27 heavy (non-hydrogen) atoms. The Morgan fingerprint density at radius 3 is 2.81 bits per heavy atom. The van der Waals surface area contributed by atoms with E-state index >= 15 is 0 Å². The Labute approximate surface area is 158 Å². The Hall–Kier alpha value is -2.84. The number of nitrogens with one attached hydrogen (secondary N) is 1. The highest BCUT2D eigenvalue weighted by molar-refractivity contribution is 5.92. The van der Waals surface area contributed by atoms with Crippen molar-refractivity contribution in [1.29, 1.82) is 0 Å². The summed E-state index contributed by atoms with van der Waals surface area (Å²) in [6.07, 6.45) is 5.80. The van der Waals surface area contributed by atoms with E-state index in [4.69, 9.17) is 4.52 Å². The summed E-state index contributed by atoms with van der Waals surface area (Å²) < 4.78 is 5.40. The summed E-state index contributed by atoms with van der Waals surface area (Å²) in [7, 11) is 3.71. The minimum absolute atomic E-state index is 0.157. The monoisotopic (exact) mass is 371 g/mol. The maximum atomic E-state index is 13.0. The molecule has 0 aliphatic carbocycles. The lowest BCUT2D eigenvalue weighted by Crippen LogP contribution is -2.35.